The Bertz CT molecular complexity index is 676. The van der Waals surface area contributed by atoms with E-state index < -0.39 is 0 Å². The Morgan fingerprint density at radius 1 is 1.27 bits per heavy atom. The summed E-state index contributed by atoms with van der Waals surface area (Å²) in [7, 11) is 1.80. The summed E-state index contributed by atoms with van der Waals surface area (Å²) in [5, 5.41) is 7.48. The van der Waals surface area contributed by atoms with Crippen molar-refractivity contribution in [1.29, 1.82) is 0 Å². The Morgan fingerprint density at radius 2 is 2.00 bits per heavy atom. The molecule has 1 aromatic carbocycles. The largest absolute Gasteiger partial charge is 0.465 e. The molecule has 3 rings (SSSR count). The fraction of sp³-hybridized carbons (Fsp3) is 0.467. The SMILES string of the molecule is CN(C(=O)c1ccc2nonc2c1)[C@H]1CC[C@H](OC=O)CC1. The third kappa shape index (κ3) is 2.79. The molecule has 0 unspecified atom stereocenters. The Morgan fingerprint density at radius 3 is 2.73 bits per heavy atom. The zero-order chi connectivity index (χ0) is 15.5. The quantitative estimate of drug-likeness (QED) is 0.800. The number of benzene rings is 1. The van der Waals surface area contributed by atoms with Gasteiger partial charge in [0.1, 0.15) is 17.1 Å². The highest BCUT2D eigenvalue weighted by Gasteiger charge is 2.27. The van der Waals surface area contributed by atoms with E-state index in [-0.39, 0.29) is 18.1 Å². The van der Waals surface area contributed by atoms with E-state index in [2.05, 4.69) is 14.9 Å². The van der Waals surface area contributed by atoms with Crippen LogP contribution in [-0.2, 0) is 9.53 Å². The molecule has 1 aliphatic rings. The van der Waals surface area contributed by atoms with Gasteiger partial charge in [-0.25, -0.2) is 4.63 Å². The lowest BCUT2D eigenvalue weighted by Gasteiger charge is -2.34. The van der Waals surface area contributed by atoms with Gasteiger partial charge >= 0.3 is 0 Å². The molecular weight excluding hydrogens is 286 g/mol. The van der Waals surface area contributed by atoms with Crippen LogP contribution in [0.3, 0.4) is 0 Å². The Labute approximate surface area is 127 Å². The van der Waals surface area contributed by atoms with Gasteiger partial charge in [-0.15, -0.1) is 0 Å². The molecule has 0 aliphatic heterocycles. The van der Waals surface area contributed by atoms with Crippen molar-refractivity contribution in [1.82, 2.24) is 15.2 Å². The van der Waals surface area contributed by atoms with Gasteiger partial charge in [0.15, 0.2) is 0 Å². The lowest BCUT2D eigenvalue weighted by Crippen LogP contribution is -2.40. The van der Waals surface area contributed by atoms with Gasteiger partial charge in [0.25, 0.3) is 12.4 Å². The van der Waals surface area contributed by atoms with Crippen LogP contribution < -0.4 is 0 Å². The van der Waals surface area contributed by atoms with Crippen molar-refractivity contribution < 1.29 is 19.0 Å². The molecule has 0 radical (unpaired) electrons. The van der Waals surface area contributed by atoms with Crippen LogP contribution >= 0.6 is 0 Å². The summed E-state index contributed by atoms with van der Waals surface area (Å²) in [6, 6.07) is 5.30. The predicted octanol–water partition coefficient (Wildman–Crippen LogP) is 1.78. The average Bonchev–Trinajstić information content (AvgIpc) is 3.02. The van der Waals surface area contributed by atoms with Crippen LogP contribution in [-0.4, -0.2) is 46.8 Å². The smallest absolute Gasteiger partial charge is 0.293 e. The third-order valence-electron chi connectivity index (χ3n) is 4.26. The van der Waals surface area contributed by atoms with Crippen LogP contribution in [0.5, 0.6) is 0 Å². The molecule has 1 amide bonds. The summed E-state index contributed by atoms with van der Waals surface area (Å²) in [6.07, 6.45) is 3.21. The van der Waals surface area contributed by atoms with Gasteiger partial charge in [-0.05, 0) is 54.2 Å². The van der Waals surface area contributed by atoms with Crippen molar-refractivity contribution in [2.75, 3.05) is 7.05 Å². The minimum Gasteiger partial charge on any atom is -0.465 e. The second-order valence-electron chi connectivity index (χ2n) is 5.55. The highest BCUT2D eigenvalue weighted by Crippen LogP contribution is 2.25. The van der Waals surface area contributed by atoms with Crippen LogP contribution in [0, 0.1) is 0 Å². The maximum absolute atomic E-state index is 12.6. The van der Waals surface area contributed by atoms with Gasteiger partial charge in [0, 0.05) is 18.7 Å². The fourth-order valence-electron chi connectivity index (χ4n) is 2.93. The molecule has 1 saturated carbocycles. The van der Waals surface area contributed by atoms with Gasteiger partial charge in [-0.2, -0.15) is 0 Å². The number of carbonyl (C=O) groups is 2. The van der Waals surface area contributed by atoms with E-state index in [1.54, 1.807) is 30.1 Å². The summed E-state index contributed by atoms with van der Waals surface area (Å²) in [5.74, 6) is -0.0512. The van der Waals surface area contributed by atoms with E-state index in [4.69, 9.17) is 4.74 Å². The summed E-state index contributed by atoms with van der Waals surface area (Å²) >= 11 is 0. The molecule has 1 aliphatic carbocycles. The number of aromatic nitrogens is 2. The van der Waals surface area contributed by atoms with Crippen LogP contribution in [0.4, 0.5) is 0 Å². The van der Waals surface area contributed by atoms with E-state index in [0.717, 1.165) is 25.7 Å². The number of hydrogen-bond acceptors (Lipinski definition) is 6. The number of fused-ring (bicyclic) bond motifs is 1. The minimum absolute atomic E-state index is 0.0187. The molecular formula is C15H17N3O4. The summed E-state index contributed by atoms with van der Waals surface area (Å²) in [4.78, 5) is 24.7. The summed E-state index contributed by atoms with van der Waals surface area (Å²) < 4.78 is 9.63. The minimum atomic E-state index is -0.0512. The van der Waals surface area contributed by atoms with Crippen LogP contribution in [0.1, 0.15) is 36.0 Å². The van der Waals surface area contributed by atoms with Gasteiger partial charge < -0.3 is 9.64 Å². The van der Waals surface area contributed by atoms with Crippen molar-refractivity contribution in [3.05, 3.63) is 23.8 Å². The topological polar surface area (TPSA) is 85.5 Å². The zero-order valence-corrected chi connectivity index (χ0v) is 12.3. The molecule has 0 N–H and O–H groups in total. The van der Waals surface area contributed by atoms with Crippen molar-refractivity contribution in [2.24, 2.45) is 0 Å². The first-order chi connectivity index (χ1) is 10.7. The molecule has 1 aromatic heterocycles. The molecule has 22 heavy (non-hydrogen) atoms. The molecule has 2 aromatic rings. The Hall–Kier alpha value is -2.44. The molecule has 1 fully saturated rings. The Balaban J connectivity index is 1.67. The number of amides is 1. The standard InChI is InChI=1S/C15H17N3O4/c1-18(11-3-5-12(6-4-11)21-9-19)15(20)10-2-7-13-14(8-10)17-22-16-13/h2,7-9,11-12H,3-6H2,1H3/t11-,12-. The highest BCUT2D eigenvalue weighted by atomic mass is 16.6. The molecule has 116 valence electrons. The monoisotopic (exact) mass is 303 g/mol. The first kappa shape index (κ1) is 14.5. The zero-order valence-electron chi connectivity index (χ0n) is 12.3. The van der Waals surface area contributed by atoms with Crippen LogP contribution in [0.15, 0.2) is 22.8 Å². The van der Waals surface area contributed by atoms with Crippen LogP contribution in [0.2, 0.25) is 0 Å². The molecule has 7 nitrogen and oxygen atoms in total. The molecule has 0 saturated heterocycles. The molecule has 1 heterocycles. The van der Waals surface area contributed by atoms with Gasteiger partial charge in [-0.1, -0.05) is 0 Å². The van der Waals surface area contributed by atoms with Gasteiger partial charge in [-0.3, -0.25) is 9.59 Å². The number of ether oxygens (including phenoxy) is 1. The maximum Gasteiger partial charge on any atom is 0.293 e. The number of nitrogens with zero attached hydrogens (tertiary/aromatic N) is 3. The van der Waals surface area contributed by atoms with Crippen LogP contribution in [0.25, 0.3) is 11.0 Å². The first-order valence-corrected chi connectivity index (χ1v) is 7.27. The predicted molar refractivity (Wildman–Crippen MR) is 77.1 cm³/mol. The maximum atomic E-state index is 12.6. The van der Waals surface area contributed by atoms with Gasteiger partial charge in [0.2, 0.25) is 0 Å². The fourth-order valence-corrected chi connectivity index (χ4v) is 2.93. The summed E-state index contributed by atoms with van der Waals surface area (Å²) in [5.41, 5.74) is 1.77. The first-order valence-electron chi connectivity index (χ1n) is 7.27. The molecule has 7 heteroatoms. The van der Waals surface area contributed by atoms with E-state index in [1.165, 1.54) is 0 Å². The second-order valence-corrected chi connectivity index (χ2v) is 5.55. The average molecular weight is 303 g/mol. The van der Waals surface area contributed by atoms with E-state index in [0.29, 0.717) is 23.1 Å². The molecule has 0 spiro atoms. The van der Waals surface area contributed by atoms with Crippen molar-refractivity contribution >= 4 is 23.4 Å². The lowest BCUT2D eigenvalue weighted by molar-refractivity contribution is -0.135. The Kier molecular flexibility index (Phi) is 4.04. The van der Waals surface area contributed by atoms with Crippen molar-refractivity contribution in [2.45, 2.75) is 37.8 Å². The molecule has 0 bridgehead atoms. The normalized spacial score (nSPS) is 21.5. The molecule has 0 atom stereocenters. The van der Waals surface area contributed by atoms with E-state index in [1.807, 2.05) is 0 Å². The van der Waals surface area contributed by atoms with Crippen molar-refractivity contribution in [3.63, 3.8) is 0 Å². The van der Waals surface area contributed by atoms with E-state index in [9.17, 15) is 9.59 Å². The number of hydrogen-bond donors (Lipinski definition) is 0. The van der Waals surface area contributed by atoms with Crippen molar-refractivity contribution in [3.8, 4) is 0 Å². The third-order valence-corrected chi connectivity index (χ3v) is 4.26. The second kappa shape index (κ2) is 6.13. The number of rotatable bonds is 4. The lowest BCUT2D eigenvalue weighted by atomic mass is 9.91. The number of carbonyl (C=O) groups excluding carboxylic acids is 2. The van der Waals surface area contributed by atoms with Gasteiger partial charge in [0.05, 0.1) is 0 Å². The highest BCUT2D eigenvalue weighted by molar-refractivity contribution is 5.97. The summed E-state index contributed by atoms with van der Waals surface area (Å²) in [6.45, 7) is 0.501. The van der Waals surface area contributed by atoms with E-state index >= 15 is 0 Å².